The van der Waals surface area contributed by atoms with Crippen LogP contribution >= 0.6 is 0 Å². The minimum Gasteiger partial charge on any atom is -0.205 e. The summed E-state index contributed by atoms with van der Waals surface area (Å²) in [5.74, 6) is 2.99. The van der Waals surface area contributed by atoms with Crippen molar-refractivity contribution < 1.29 is 30.7 Å². The molecular formula is C31H17F7. The molecule has 0 N–H and O–H groups in total. The lowest BCUT2D eigenvalue weighted by molar-refractivity contribution is -0.0696. The zero-order chi connectivity index (χ0) is 27.4. The number of aryl methyl sites for hydroxylation is 1. The van der Waals surface area contributed by atoms with Gasteiger partial charge in [0.05, 0.1) is 11.1 Å². The van der Waals surface area contributed by atoms with Crippen LogP contribution in [0.15, 0.2) is 73.3 Å². The fourth-order valence-corrected chi connectivity index (χ4v) is 3.78. The standard InChI is InChI=1S/C31H17F7/c1-2-3-4-19-5-9-21(10-6-19)22-16-27(32)25(28(33)17-22)12-8-20-7-11-24-23(15-20)18-29(34)26(30(24)35)13-14-31(36,37)38/h2,5-7,9-11,15-18H,1,3-4H2. The van der Waals surface area contributed by atoms with Gasteiger partial charge in [0.15, 0.2) is 0 Å². The van der Waals surface area contributed by atoms with Crippen LogP contribution in [0.2, 0.25) is 0 Å². The van der Waals surface area contributed by atoms with Crippen molar-refractivity contribution in [1.82, 2.24) is 0 Å². The normalized spacial score (nSPS) is 10.9. The molecule has 0 nitrogen and oxygen atoms in total. The monoisotopic (exact) mass is 522 g/mol. The highest BCUT2D eigenvalue weighted by atomic mass is 19.4. The second-order valence-corrected chi connectivity index (χ2v) is 8.32. The summed E-state index contributed by atoms with van der Waals surface area (Å²) in [4.78, 5) is 0. The number of alkyl halides is 3. The van der Waals surface area contributed by atoms with Gasteiger partial charge >= 0.3 is 6.18 Å². The van der Waals surface area contributed by atoms with Gasteiger partial charge in [-0.1, -0.05) is 54.2 Å². The molecule has 0 heterocycles. The zero-order valence-electron chi connectivity index (χ0n) is 19.6. The second-order valence-electron chi connectivity index (χ2n) is 8.32. The summed E-state index contributed by atoms with van der Waals surface area (Å²) in [5, 5.41) is -0.183. The number of benzene rings is 4. The van der Waals surface area contributed by atoms with Crippen LogP contribution < -0.4 is 0 Å². The van der Waals surface area contributed by atoms with Gasteiger partial charge in [-0.05, 0) is 65.3 Å². The van der Waals surface area contributed by atoms with E-state index in [0.29, 0.717) is 11.1 Å². The number of fused-ring (bicyclic) bond motifs is 1. The SMILES string of the molecule is C=CCCc1ccc(-c2cc(F)c(C#Cc3ccc4c(F)c(C#CC(F)(F)F)c(F)cc4c3)c(F)c2)cc1. The summed E-state index contributed by atoms with van der Waals surface area (Å²) in [6.45, 7) is 3.68. The van der Waals surface area contributed by atoms with E-state index in [-0.39, 0.29) is 16.3 Å². The van der Waals surface area contributed by atoms with Gasteiger partial charge in [-0.2, -0.15) is 13.2 Å². The average molecular weight is 522 g/mol. The molecule has 0 radical (unpaired) electrons. The summed E-state index contributed by atoms with van der Waals surface area (Å²) in [7, 11) is 0. The molecule has 0 aliphatic heterocycles. The lowest BCUT2D eigenvalue weighted by Gasteiger charge is -2.06. The van der Waals surface area contributed by atoms with E-state index in [4.69, 9.17) is 0 Å². The molecule has 0 saturated heterocycles. The van der Waals surface area contributed by atoms with Gasteiger partial charge in [-0.3, -0.25) is 0 Å². The Labute approximate surface area is 214 Å². The van der Waals surface area contributed by atoms with Crippen LogP contribution in [0.3, 0.4) is 0 Å². The van der Waals surface area contributed by atoms with E-state index < -0.39 is 40.6 Å². The van der Waals surface area contributed by atoms with Gasteiger partial charge in [0.1, 0.15) is 23.3 Å². The van der Waals surface area contributed by atoms with E-state index in [9.17, 15) is 30.7 Å². The summed E-state index contributed by atoms with van der Waals surface area (Å²) in [6.07, 6.45) is -1.48. The van der Waals surface area contributed by atoms with Crippen molar-refractivity contribution in [2.45, 2.75) is 19.0 Å². The van der Waals surface area contributed by atoms with E-state index >= 15 is 0 Å². The molecule has 38 heavy (non-hydrogen) atoms. The highest BCUT2D eigenvalue weighted by Crippen LogP contribution is 2.27. The molecule has 190 valence electrons. The molecule has 4 aromatic carbocycles. The molecule has 0 amide bonds. The van der Waals surface area contributed by atoms with Crippen LogP contribution in [-0.2, 0) is 6.42 Å². The topological polar surface area (TPSA) is 0 Å². The highest BCUT2D eigenvalue weighted by Gasteiger charge is 2.24. The van der Waals surface area contributed by atoms with Crippen molar-refractivity contribution in [2.24, 2.45) is 0 Å². The van der Waals surface area contributed by atoms with Crippen LogP contribution in [0.1, 0.15) is 28.7 Å². The van der Waals surface area contributed by atoms with Crippen LogP contribution in [0.4, 0.5) is 30.7 Å². The average Bonchev–Trinajstić information content (AvgIpc) is 2.86. The first-order valence-electron chi connectivity index (χ1n) is 11.3. The van der Waals surface area contributed by atoms with Crippen LogP contribution in [0, 0.1) is 47.0 Å². The second kappa shape index (κ2) is 10.9. The Kier molecular flexibility index (Phi) is 7.60. The van der Waals surface area contributed by atoms with Gasteiger partial charge < -0.3 is 0 Å². The molecule has 4 rings (SSSR count). The van der Waals surface area contributed by atoms with Crippen molar-refractivity contribution in [3.63, 3.8) is 0 Å². The molecule has 0 aliphatic rings. The van der Waals surface area contributed by atoms with Crippen LogP contribution in [-0.4, -0.2) is 6.18 Å². The molecule has 0 saturated carbocycles. The Morgan fingerprint density at radius 2 is 1.37 bits per heavy atom. The van der Waals surface area contributed by atoms with Crippen molar-refractivity contribution >= 4 is 10.8 Å². The highest BCUT2D eigenvalue weighted by molar-refractivity contribution is 5.86. The number of rotatable bonds is 4. The summed E-state index contributed by atoms with van der Waals surface area (Å²) in [6, 6.07) is 14.2. The quantitative estimate of drug-likeness (QED) is 0.143. The van der Waals surface area contributed by atoms with Crippen molar-refractivity contribution in [2.75, 3.05) is 0 Å². The number of hydrogen-bond acceptors (Lipinski definition) is 0. The lowest BCUT2D eigenvalue weighted by Crippen LogP contribution is -2.02. The first kappa shape index (κ1) is 26.6. The molecular weight excluding hydrogens is 505 g/mol. The van der Waals surface area contributed by atoms with Gasteiger partial charge in [0.25, 0.3) is 0 Å². The molecule has 0 fully saturated rings. The van der Waals surface area contributed by atoms with E-state index in [1.54, 1.807) is 18.2 Å². The van der Waals surface area contributed by atoms with Gasteiger partial charge in [0.2, 0.25) is 0 Å². The fourth-order valence-electron chi connectivity index (χ4n) is 3.78. The maximum absolute atomic E-state index is 14.8. The Balaban J connectivity index is 1.63. The summed E-state index contributed by atoms with van der Waals surface area (Å²) in [5.41, 5.74) is 0.724. The smallest absolute Gasteiger partial charge is 0.205 e. The number of allylic oxidation sites excluding steroid dienone is 1. The van der Waals surface area contributed by atoms with E-state index in [0.717, 1.165) is 30.4 Å². The third kappa shape index (κ3) is 6.07. The minimum atomic E-state index is -4.91. The molecule has 0 aliphatic carbocycles. The van der Waals surface area contributed by atoms with Crippen LogP contribution in [0.5, 0.6) is 0 Å². The van der Waals surface area contributed by atoms with Crippen molar-refractivity contribution in [3.8, 4) is 34.8 Å². The van der Waals surface area contributed by atoms with Crippen molar-refractivity contribution in [3.05, 3.63) is 119 Å². The maximum atomic E-state index is 14.8. The van der Waals surface area contributed by atoms with E-state index in [1.165, 1.54) is 36.3 Å². The third-order valence-electron chi connectivity index (χ3n) is 5.66. The molecule has 0 unspecified atom stereocenters. The van der Waals surface area contributed by atoms with E-state index in [1.807, 2.05) is 12.1 Å². The first-order valence-corrected chi connectivity index (χ1v) is 11.3. The first-order chi connectivity index (χ1) is 18.1. The zero-order valence-corrected chi connectivity index (χ0v) is 19.6. The molecule has 0 bridgehead atoms. The molecule has 7 heteroatoms. The largest absolute Gasteiger partial charge is 0.458 e. The summed E-state index contributed by atoms with van der Waals surface area (Å²) < 4.78 is 95.3. The van der Waals surface area contributed by atoms with Crippen LogP contribution in [0.25, 0.3) is 21.9 Å². The predicted molar refractivity (Wildman–Crippen MR) is 133 cm³/mol. The Hall–Kier alpha value is -4.49. The molecule has 0 spiro atoms. The van der Waals surface area contributed by atoms with E-state index in [2.05, 4.69) is 18.4 Å². The summed E-state index contributed by atoms with van der Waals surface area (Å²) >= 11 is 0. The van der Waals surface area contributed by atoms with Crippen molar-refractivity contribution in [1.29, 1.82) is 0 Å². The minimum absolute atomic E-state index is 0.00260. The van der Waals surface area contributed by atoms with Gasteiger partial charge in [0, 0.05) is 16.9 Å². The van der Waals surface area contributed by atoms with Gasteiger partial charge in [-0.25, -0.2) is 17.6 Å². The Bertz CT molecular complexity index is 1630. The predicted octanol–water partition coefficient (Wildman–Crippen LogP) is 8.50. The Morgan fingerprint density at radius 1 is 0.711 bits per heavy atom. The number of halogens is 7. The van der Waals surface area contributed by atoms with Gasteiger partial charge in [-0.15, -0.1) is 6.58 Å². The number of hydrogen-bond donors (Lipinski definition) is 0. The Morgan fingerprint density at radius 3 is 2.00 bits per heavy atom. The lowest BCUT2D eigenvalue weighted by atomic mass is 10.00. The molecule has 0 atom stereocenters. The third-order valence-corrected chi connectivity index (χ3v) is 5.66. The molecule has 0 aromatic heterocycles. The molecule has 4 aromatic rings. The maximum Gasteiger partial charge on any atom is 0.458 e. The fraction of sp³-hybridized carbons (Fsp3) is 0.0968.